The van der Waals surface area contributed by atoms with Crippen molar-refractivity contribution in [3.8, 4) is 0 Å². The van der Waals surface area contributed by atoms with Crippen LogP contribution in [0.3, 0.4) is 0 Å². The van der Waals surface area contributed by atoms with E-state index in [2.05, 4.69) is 4.98 Å². The molecule has 0 N–H and O–H groups in total. The fourth-order valence-electron chi connectivity index (χ4n) is 2.30. The molecule has 0 saturated carbocycles. The number of halogens is 1. The minimum absolute atomic E-state index is 0.209. The van der Waals surface area contributed by atoms with Crippen molar-refractivity contribution >= 4 is 23.4 Å². The predicted molar refractivity (Wildman–Crippen MR) is 80.3 cm³/mol. The number of imidazole rings is 1. The first kappa shape index (κ1) is 13.7. The van der Waals surface area contributed by atoms with Gasteiger partial charge in [0.1, 0.15) is 16.0 Å². The Labute approximate surface area is 124 Å². The Kier molecular flexibility index (Phi) is 3.21. The standard InChI is InChI=1S/C14H13FN4OS/c1-17-12-11(13(21)18(2)14(17)20)19(8-16-12)7-9-3-5-10(15)6-4-9/h3-6,8H,7H2,1-2H3. The van der Waals surface area contributed by atoms with E-state index in [1.54, 1.807) is 32.6 Å². The number of rotatable bonds is 2. The third-order valence-electron chi connectivity index (χ3n) is 3.48. The lowest BCUT2D eigenvalue weighted by Crippen LogP contribution is -2.28. The molecule has 7 heteroatoms. The van der Waals surface area contributed by atoms with E-state index in [9.17, 15) is 9.18 Å². The Bertz CT molecular complexity index is 936. The van der Waals surface area contributed by atoms with Gasteiger partial charge in [-0.15, -0.1) is 0 Å². The van der Waals surface area contributed by atoms with Crippen molar-refractivity contribution in [3.05, 3.63) is 57.1 Å². The van der Waals surface area contributed by atoms with E-state index in [0.29, 0.717) is 16.8 Å². The highest BCUT2D eigenvalue weighted by atomic mass is 32.1. The second-order valence-electron chi connectivity index (χ2n) is 4.88. The van der Waals surface area contributed by atoms with Crippen molar-refractivity contribution in [2.24, 2.45) is 14.1 Å². The lowest BCUT2D eigenvalue weighted by atomic mass is 10.2. The molecule has 0 aliphatic carbocycles. The van der Waals surface area contributed by atoms with Gasteiger partial charge in [0, 0.05) is 20.6 Å². The van der Waals surface area contributed by atoms with Crippen molar-refractivity contribution in [3.63, 3.8) is 0 Å². The quantitative estimate of drug-likeness (QED) is 0.680. The van der Waals surface area contributed by atoms with Crippen LogP contribution < -0.4 is 5.69 Å². The maximum atomic E-state index is 13.0. The lowest BCUT2D eigenvalue weighted by molar-refractivity contribution is 0.626. The zero-order chi connectivity index (χ0) is 15.1. The van der Waals surface area contributed by atoms with E-state index in [0.717, 1.165) is 11.1 Å². The van der Waals surface area contributed by atoms with Crippen LogP contribution in [0.1, 0.15) is 5.56 Å². The second-order valence-corrected chi connectivity index (χ2v) is 5.26. The van der Waals surface area contributed by atoms with Gasteiger partial charge in [-0.3, -0.25) is 9.13 Å². The summed E-state index contributed by atoms with van der Waals surface area (Å²) in [6.07, 6.45) is 1.64. The van der Waals surface area contributed by atoms with Gasteiger partial charge in [-0.2, -0.15) is 0 Å². The summed E-state index contributed by atoms with van der Waals surface area (Å²) in [6, 6.07) is 6.26. The van der Waals surface area contributed by atoms with Crippen molar-refractivity contribution < 1.29 is 4.39 Å². The molecule has 3 rings (SSSR count). The molecular weight excluding hydrogens is 291 g/mol. The van der Waals surface area contributed by atoms with Crippen molar-refractivity contribution in [2.75, 3.05) is 0 Å². The van der Waals surface area contributed by atoms with E-state index in [1.807, 2.05) is 4.57 Å². The molecule has 1 aromatic carbocycles. The Morgan fingerprint density at radius 2 is 1.86 bits per heavy atom. The number of aromatic nitrogens is 4. The van der Waals surface area contributed by atoms with Crippen molar-refractivity contribution in [2.45, 2.75) is 6.54 Å². The zero-order valence-corrected chi connectivity index (χ0v) is 12.4. The van der Waals surface area contributed by atoms with Gasteiger partial charge < -0.3 is 4.57 Å². The predicted octanol–water partition coefficient (Wildman–Crippen LogP) is 1.99. The van der Waals surface area contributed by atoms with Gasteiger partial charge in [0.15, 0.2) is 5.65 Å². The zero-order valence-electron chi connectivity index (χ0n) is 11.6. The fourth-order valence-corrected chi connectivity index (χ4v) is 2.59. The largest absolute Gasteiger partial charge is 0.330 e. The number of hydrogen-bond donors (Lipinski definition) is 0. The Morgan fingerprint density at radius 1 is 1.19 bits per heavy atom. The first-order chi connectivity index (χ1) is 9.99. The van der Waals surface area contributed by atoms with Crippen molar-refractivity contribution in [1.29, 1.82) is 0 Å². The summed E-state index contributed by atoms with van der Waals surface area (Å²) in [4.78, 5) is 16.2. The van der Waals surface area contributed by atoms with Gasteiger partial charge in [-0.25, -0.2) is 14.2 Å². The maximum Gasteiger partial charge on any atom is 0.330 e. The Hall–Kier alpha value is -2.28. The molecule has 2 heterocycles. The van der Waals surface area contributed by atoms with Gasteiger partial charge in [0.2, 0.25) is 0 Å². The van der Waals surface area contributed by atoms with Gasteiger partial charge in [-0.1, -0.05) is 24.4 Å². The molecule has 0 spiro atoms. The molecule has 108 valence electrons. The van der Waals surface area contributed by atoms with Crippen LogP contribution in [0.15, 0.2) is 35.4 Å². The molecule has 0 saturated heterocycles. The SMILES string of the molecule is Cn1c(=S)c2c(ncn2Cc2ccc(F)cc2)n(C)c1=O. The number of fused-ring (bicyclic) bond motifs is 1. The highest BCUT2D eigenvalue weighted by Crippen LogP contribution is 2.14. The van der Waals surface area contributed by atoms with E-state index >= 15 is 0 Å². The maximum absolute atomic E-state index is 13.0. The highest BCUT2D eigenvalue weighted by Gasteiger charge is 2.12. The van der Waals surface area contributed by atoms with Crippen molar-refractivity contribution in [1.82, 2.24) is 18.7 Å². The van der Waals surface area contributed by atoms with Crippen LogP contribution >= 0.6 is 12.2 Å². The van der Waals surface area contributed by atoms with E-state index in [1.165, 1.54) is 21.3 Å². The second kappa shape index (κ2) is 4.92. The Morgan fingerprint density at radius 3 is 2.52 bits per heavy atom. The summed E-state index contributed by atoms with van der Waals surface area (Å²) >= 11 is 5.35. The van der Waals surface area contributed by atoms with Crippen LogP contribution in [-0.2, 0) is 20.6 Å². The van der Waals surface area contributed by atoms with Crippen LogP contribution in [0.25, 0.3) is 11.2 Å². The minimum atomic E-state index is -0.271. The van der Waals surface area contributed by atoms with Crippen LogP contribution in [-0.4, -0.2) is 18.7 Å². The summed E-state index contributed by atoms with van der Waals surface area (Å²) < 4.78 is 18.1. The summed E-state index contributed by atoms with van der Waals surface area (Å²) in [7, 11) is 3.30. The lowest BCUT2D eigenvalue weighted by Gasteiger charge is -2.08. The summed E-state index contributed by atoms with van der Waals surface area (Å²) in [5, 5.41) is 0. The van der Waals surface area contributed by atoms with E-state index in [4.69, 9.17) is 12.2 Å². The smallest absolute Gasteiger partial charge is 0.322 e. The first-order valence-electron chi connectivity index (χ1n) is 6.34. The molecule has 21 heavy (non-hydrogen) atoms. The average Bonchev–Trinajstić information content (AvgIpc) is 2.89. The topological polar surface area (TPSA) is 44.8 Å². The van der Waals surface area contributed by atoms with Gasteiger partial charge in [0.25, 0.3) is 0 Å². The summed E-state index contributed by atoms with van der Waals surface area (Å²) in [6.45, 7) is 0.513. The highest BCUT2D eigenvalue weighted by molar-refractivity contribution is 7.71. The third kappa shape index (κ3) is 2.19. The van der Waals surface area contributed by atoms with Crippen LogP contribution in [0.4, 0.5) is 4.39 Å². The summed E-state index contributed by atoms with van der Waals surface area (Å²) in [5.41, 5.74) is 1.99. The summed E-state index contributed by atoms with van der Waals surface area (Å²) in [5.74, 6) is -0.271. The van der Waals surface area contributed by atoms with Gasteiger partial charge >= 0.3 is 5.69 Å². The molecule has 2 aromatic heterocycles. The molecular formula is C14H13FN4OS. The average molecular weight is 304 g/mol. The van der Waals surface area contributed by atoms with Gasteiger partial charge in [0.05, 0.1) is 6.33 Å². The van der Waals surface area contributed by atoms with Crippen LogP contribution in [0.5, 0.6) is 0 Å². The molecule has 0 aliphatic heterocycles. The third-order valence-corrected chi connectivity index (χ3v) is 3.95. The molecule has 0 amide bonds. The molecule has 3 aromatic rings. The van der Waals surface area contributed by atoms with E-state index < -0.39 is 0 Å². The fraction of sp³-hybridized carbons (Fsp3) is 0.214. The number of aryl methyl sites for hydroxylation is 1. The monoisotopic (exact) mass is 304 g/mol. The molecule has 0 atom stereocenters. The normalized spacial score (nSPS) is 11.2. The van der Waals surface area contributed by atoms with E-state index in [-0.39, 0.29) is 11.5 Å². The molecule has 0 bridgehead atoms. The minimum Gasteiger partial charge on any atom is -0.322 e. The number of nitrogens with zero attached hydrogens (tertiary/aromatic N) is 4. The number of hydrogen-bond acceptors (Lipinski definition) is 3. The molecule has 0 aliphatic rings. The molecule has 0 unspecified atom stereocenters. The van der Waals surface area contributed by atoms with Gasteiger partial charge in [-0.05, 0) is 17.7 Å². The van der Waals surface area contributed by atoms with Crippen LogP contribution in [0, 0.1) is 10.5 Å². The first-order valence-corrected chi connectivity index (χ1v) is 6.75. The number of benzene rings is 1. The molecule has 0 radical (unpaired) electrons. The molecule has 0 fully saturated rings. The molecule has 5 nitrogen and oxygen atoms in total. The Balaban J connectivity index is 2.19. The van der Waals surface area contributed by atoms with Crippen LogP contribution in [0.2, 0.25) is 0 Å².